The molecule has 1 heterocycles. The lowest BCUT2D eigenvalue weighted by molar-refractivity contribution is -0.140. The molecule has 1 amide bonds. The highest BCUT2D eigenvalue weighted by Crippen LogP contribution is 2.45. The Labute approximate surface area is 219 Å². The second-order valence-corrected chi connectivity index (χ2v) is 8.50. The number of esters is 1. The molecule has 0 aliphatic carbocycles. The molecule has 1 unspecified atom stereocenters. The van der Waals surface area contributed by atoms with Crippen LogP contribution < -0.4 is 15.9 Å². The van der Waals surface area contributed by atoms with Gasteiger partial charge >= 0.3 is 5.97 Å². The van der Waals surface area contributed by atoms with Crippen molar-refractivity contribution < 1.29 is 49.0 Å². The molecule has 12 nitrogen and oxygen atoms in total. The SMILES string of the molecule is COC(=O)CC(c1ccc(OCC(N)=O)cc1)c1c(O)cc(O)c2c(=O)c(O)c(-c3ccc(O)c(O)c3)oc12. The Morgan fingerprint density at radius 1 is 0.923 bits per heavy atom. The number of benzene rings is 3. The van der Waals surface area contributed by atoms with E-state index in [2.05, 4.69) is 0 Å². The van der Waals surface area contributed by atoms with E-state index in [9.17, 15) is 39.9 Å². The Kier molecular flexibility index (Phi) is 7.20. The fraction of sp³-hybridized carbons (Fsp3) is 0.148. The van der Waals surface area contributed by atoms with E-state index in [1.54, 1.807) is 12.1 Å². The highest BCUT2D eigenvalue weighted by atomic mass is 16.5. The standard InChI is InChI=1S/C27H23NO11/c1-37-21(34)9-15(12-2-5-14(6-3-12)38-11-20(28)33)22-18(31)10-19(32)23-24(35)25(36)26(39-27(22)23)13-4-7-16(29)17(30)8-13/h2-8,10,15,29-32,36H,9,11H2,1H3,(H2,28,33). The number of hydrogen-bond acceptors (Lipinski definition) is 11. The summed E-state index contributed by atoms with van der Waals surface area (Å²) in [5.74, 6) is -5.65. The van der Waals surface area contributed by atoms with Crippen LogP contribution >= 0.6 is 0 Å². The summed E-state index contributed by atoms with van der Waals surface area (Å²) in [6.07, 6.45) is -0.342. The van der Waals surface area contributed by atoms with Gasteiger partial charge in [0.1, 0.15) is 28.2 Å². The average molecular weight is 537 g/mol. The molecule has 1 atom stereocenters. The molecule has 4 aromatic rings. The molecule has 7 N–H and O–H groups in total. The predicted octanol–water partition coefficient (Wildman–Crippen LogP) is 2.55. The van der Waals surface area contributed by atoms with Crippen molar-refractivity contribution in [1.29, 1.82) is 0 Å². The number of phenols is 4. The van der Waals surface area contributed by atoms with Gasteiger partial charge in [-0.05, 0) is 35.9 Å². The van der Waals surface area contributed by atoms with E-state index >= 15 is 0 Å². The van der Waals surface area contributed by atoms with E-state index in [0.717, 1.165) is 18.2 Å². The minimum atomic E-state index is -1.05. The van der Waals surface area contributed by atoms with Crippen LogP contribution in [0.4, 0.5) is 0 Å². The number of carbonyl (C=O) groups excluding carboxylic acids is 2. The summed E-state index contributed by atoms with van der Waals surface area (Å²) in [7, 11) is 1.17. The smallest absolute Gasteiger partial charge is 0.306 e. The summed E-state index contributed by atoms with van der Waals surface area (Å²) >= 11 is 0. The lowest BCUT2D eigenvalue weighted by Gasteiger charge is -2.21. The molecule has 0 saturated carbocycles. The van der Waals surface area contributed by atoms with Crippen molar-refractivity contribution in [2.75, 3.05) is 13.7 Å². The number of rotatable bonds is 8. The van der Waals surface area contributed by atoms with Gasteiger partial charge in [0.05, 0.1) is 13.5 Å². The number of nitrogens with two attached hydrogens (primary N) is 1. The normalized spacial score (nSPS) is 11.7. The third-order valence-corrected chi connectivity index (χ3v) is 5.99. The number of carbonyl (C=O) groups is 2. The maximum atomic E-state index is 13.2. The summed E-state index contributed by atoms with van der Waals surface area (Å²) in [5, 5.41) is 51.1. The fourth-order valence-electron chi connectivity index (χ4n) is 4.13. The molecule has 0 spiro atoms. The minimum Gasteiger partial charge on any atom is -0.507 e. The van der Waals surface area contributed by atoms with E-state index in [4.69, 9.17) is 19.6 Å². The highest BCUT2D eigenvalue weighted by molar-refractivity contribution is 5.92. The van der Waals surface area contributed by atoms with Crippen LogP contribution in [0.1, 0.15) is 23.5 Å². The number of aromatic hydroxyl groups is 5. The van der Waals surface area contributed by atoms with E-state index in [-0.39, 0.29) is 29.7 Å². The second-order valence-electron chi connectivity index (χ2n) is 8.50. The zero-order valence-corrected chi connectivity index (χ0v) is 20.4. The molecular formula is C27H23NO11. The third kappa shape index (κ3) is 5.21. The van der Waals surface area contributed by atoms with Gasteiger partial charge in [-0.3, -0.25) is 14.4 Å². The average Bonchev–Trinajstić information content (AvgIpc) is 2.90. The molecule has 0 aliphatic heterocycles. The number of hydrogen-bond donors (Lipinski definition) is 6. The molecule has 0 aliphatic rings. The van der Waals surface area contributed by atoms with Crippen molar-refractivity contribution in [2.45, 2.75) is 12.3 Å². The van der Waals surface area contributed by atoms with Gasteiger partial charge in [0.15, 0.2) is 23.9 Å². The van der Waals surface area contributed by atoms with Gasteiger partial charge in [0, 0.05) is 23.1 Å². The molecule has 4 rings (SSSR count). The third-order valence-electron chi connectivity index (χ3n) is 5.99. The molecular weight excluding hydrogens is 514 g/mol. The van der Waals surface area contributed by atoms with Gasteiger partial charge in [0.25, 0.3) is 5.91 Å². The maximum absolute atomic E-state index is 13.2. The largest absolute Gasteiger partial charge is 0.507 e. The summed E-state index contributed by atoms with van der Waals surface area (Å²) < 4.78 is 15.9. The summed E-state index contributed by atoms with van der Waals surface area (Å²) in [6.45, 7) is -0.363. The predicted molar refractivity (Wildman–Crippen MR) is 136 cm³/mol. The van der Waals surface area contributed by atoms with Gasteiger partial charge in [-0.1, -0.05) is 12.1 Å². The Bertz CT molecular complexity index is 1640. The van der Waals surface area contributed by atoms with E-state index in [0.29, 0.717) is 11.3 Å². The Balaban J connectivity index is 1.97. The molecule has 0 radical (unpaired) electrons. The number of phenolic OH excluding ortho intramolecular Hbond substituents is 4. The minimum absolute atomic E-state index is 0.00365. The Morgan fingerprint density at radius 3 is 2.23 bits per heavy atom. The second kappa shape index (κ2) is 10.5. The first-order chi connectivity index (χ1) is 18.5. The van der Waals surface area contributed by atoms with E-state index in [1.807, 2.05) is 0 Å². The van der Waals surface area contributed by atoms with E-state index in [1.165, 1.54) is 25.3 Å². The number of amides is 1. The maximum Gasteiger partial charge on any atom is 0.306 e. The zero-order valence-electron chi connectivity index (χ0n) is 20.4. The first-order valence-electron chi connectivity index (χ1n) is 11.4. The fourth-order valence-corrected chi connectivity index (χ4v) is 4.13. The lowest BCUT2D eigenvalue weighted by Crippen LogP contribution is -2.20. The summed E-state index contributed by atoms with van der Waals surface area (Å²) in [4.78, 5) is 36.6. The van der Waals surface area contributed by atoms with Crippen LogP contribution in [-0.4, -0.2) is 51.1 Å². The molecule has 202 valence electrons. The molecule has 0 fully saturated rings. The molecule has 0 saturated heterocycles. The molecule has 1 aromatic heterocycles. The first-order valence-corrected chi connectivity index (χ1v) is 11.4. The van der Waals surface area contributed by atoms with E-state index < -0.39 is 63.1 Å². The van der Waals surface area contributed by atoms with Crippen LogP contribution in [0.5, 0.6) is 34.5 Å². The van der Waals surface area contributed by atoms with Crippen LogP contribution in [0.2, 0.25) is 0 Å². The molecule has 39 heavy (non-hydrogen) atoms. The van der Waals surface area contributed by atoms with Gasteiger partial charge in [-0.2, -0.15) is 0 Å². The zero-order chi connectivity index (χ0) is 28.4. The van der Waals surface area contributed by atoms with Crippen molar-refractivity contribution in [1.82, 2.24) is 0 Å². The van der Waals surface area contributed by atoms with Gasteiger partial charge in [-0.15, -0.1) is 0 Å². The monoisotopic (exact) mass is 537 g/mol. The van der Waals surface area contributed by atoms with Gasteiger partial charge in [-0.25, -0.2) is 0 Å². The number of methoxy groups -OCH3 is 1. The van der Waals surface area contributed by atoms with Crippen LogP contribution in [-0.2, 0) is 14.3 Å². The molecule has 3 aromatic carbocycles. The van der Waals surface area contributed by atoms with Crippen LogP contribution in [0.3, 0.4) is 0 Å². The quantitative estimate of drug-likeness (QED) is 0.142. The van der Waals surface area contributed by atoms with Crippen molar-refractivity contribution >= 4 is 22.8 Å². The Morgan fingerprint density at radius 2 is 1.62 bits per heavy atom. The lowest BCUT2D eigenvalue weighted by atomic mass is 9.86. The summed E-state index contributed by atoms with van der Waals surface area (Å²) in [6, 6.07) is 10.4. The number of primary amides is 1. The van der Waals surface area contributed by atoms with Crippen LogP contribution in [0, 0.1) is 0 Å². The van der Waals surface area contributed by atoms with Crippen molar-refractivity contribution in [2.24, 2.45) is 5.73 Å². The van der Waals surface area contributed by atoms with Gasteiger partial charge < -0.3 is 45.2 Å². The van der Waals surface area contributed by atoms with Crippen molar-refractivity contribution in [3.63, 3.8) is 0 Å². The van der Waals surface area contributed by atoms with Crippen LogP contribution in [0.25, 0.3) is 22.3 Å². The number of ether oxygens (including phenoxy) is 2. The van der Waals surface area contributed by atoms with Crippen molar-refractivity contribution in [3.05, 3.63) is 69.9 Å². The first kappa shape index (κ1) is 26.7. The summed E-state index contributed by atoms with van der Waals surface area (Å²) in [5.41, 5.74) is 4.04. The van der Waals surface area contributed by atoms with Crippen LogP contribution in [0.15, 0.2) is 57.7 Å². The molecule has 12 heteroatoms. The Hall–Kier alpha value is -5.39. The molecule has 0 bridgehead atoms. The number of fused-ring (bicyclic) bond motifs is 1. The topological polar surface area (TPSA) is 210 Å². The highest BCUT2D eigenvalue weighted by Gasteiger charge is 2.30. The van der Waals surface area contributed by atoms with Crippen molar-refractivity contribution in [3.8, 4) is 45.8 Å². The van der Waals surface area contributed by atoms with Gasteiger partial charge in [0.2, 0.25) is 11.2 Å².